The molecule has 1 atom stereocenters. The van der Waals surface area contributed by atoms with Crippen LogP contribution in [0.2, 0.25) is 0 Å². The van der Waals surface area contributed by atoms with Crippen molar-refractivity contribution < 1.29 is 13.9 Å². The van der Waals surface area contributed by atoms with E-state index in [9.17, 15) is 9.18 Å². The Morgan fingerprint density at radius 3 is 2.70 bits per heavy atom. The fourth-order valence-corrected chi connectivity index (χ4v) is 4.62. The van der Waals surface area contributed by atoms with Crippen molar-refractivity contribution in [2.75, 3.05) is 30.3 Å². The lowest BCUT2D eigenvalue weighted by atomic mass is 10.1. The van der Waals surface area contributed by atoms with Crippen molar-refractivity contribution in [1.29, 1.82) is 0 Å². The van der Waals surface area contributed by atoms with Crippen molar-refractivity contribution in [1.82, 2.24) is 20.1 Å². The second kappa shape index (κ2) is 10.3. The van der Waals surface area contributed by atoms with Crippen LogP contribution in [0.15, 0.2) is 29.4 Å². The second-order valence-corrected chi connectivity index (χ2v) is 8.71. The summed E-state index contributed by atoms with van der Waals surface area (Å²) in [7, 11) is 0. The zero-order valence-corrected chi connectivity index (χ0v) is 17.9. The van der Waals surface area contributed by atoms with Crippen molar-refractivity contribution in [3.63, 3.8) is 0 Å². The van der Waals surface area contributed by atoms with Crippen LogP contribution in [0.5, 0.6) is 0 Å². The average molecular weight is 434 g/mol. The number of nitrogens with zero attached hydrogens (tertiary/aromatic N) is 4. The third-order valence-electron chi connectivity index (χ3n) is 5.48. The molecule has 162 valence electrons. The number of hydrogen-bond donors (Lipinski definition) is 1. The smallest absolute Gasteiger partial charge is 0.230 e. The molecule has 1 amide bonds. The van der Waals surface area contributed by atoms with E-state index in [1.807, 2.05) is 0 Å². The van der Waals surface area contributed by atoms with E-state index < -0.39 is 0 Å². The first-order valence-corrected chi connectivity index (χ1v) is 11.6. The van der Waals surface area contributed by atoms with Gasteiger partial charge in [-0.3, -0.25) is 9.36 Å². The first-order chi connectivity index (χ1) is 14.7. The number of amides is 1. The standard InChI is InChI=1S/C21H28FN5O2S/c22-17-8-6-16(7-9-17)13-23-19(28)15-30-21-25-24-20(26-10-2-1-3-11-26)27(21)14-18-5-4-12-29-18/h6-9,18H,1-5,10-15H2,(H,23,28). The summed E-state index contributed by atoms with van der Waals surface area (Å²) in [5, 5.41) is 12.5. The third kappa shape index (κ3) is 5.51. The van der Waals surface area contributed by atoms with Gasteiger partial charge in [0.2, 0.25) is 11.9 Å². The monoisotopic (exact) mass is 433 g/mol. The van der Waals surface area contributed by atoms with E-state index in [4.69, 9.17) is 4.74 Å². The SMILES string of the molecule is O=C(CSc1nnc(N2CCCCC2)n1CC1CCCO1)NCc1ccc(F)cc1. The summed E-state index contributed by atoms with van der Waals surface area (Å²) in [5.41, 5.74) is 0.865. The summed E-state index contributed by atoms with van der Waals surface area (Å²) in [4.78, 5) is 14.6. The molecule has 2 aromatic rings. The summed E-state index contributed by atoms with van der Waals surface area (Å²) < 4.78 is 21.0. The fraction of sp³-hybridized carbons (Fsp3) is 0.571. The molecule has 1 N–H and O–H groups in total. The first-order valence-electron chi connectivity index (χ1n) is 10.6. The molecular weight excluding hydrogens is 405 g/mol. The van der Waals surface area contributed by atoms with Crippen LogP contribution in [0.25, 0.3) is 0 Å². The maximum absolute atomic E-state index is 13.0. The van der Waals surface area contributed by atoms with Crippen LogP contribution in [0, 0.1) is 5.82 Å². The molecule has 1 aromatic carbocycles. The van der Waals surface area contributed by atoms with Crippen LogP contribution < -0.4 is 10.2 Å². The topological polar surface area (TPSA) is 72.3 Å². The molecular formula is C21H28FN5O2S. The van der Waals surface area contributed by atoms with E-state index in [1.165, 1.54) is 43.2 Å². The number of aromatic nitrogens is 3. The van der Waals surface area contributed by atoms with Gasteiger partial charge in [0.25, 0.3) is 0 Å². The summed E-state index contributed by atoms with van der Waals surface area (Å²) in [6.07, 6.45) is 5.89. The van der Waals surface area contributed by atoms with Crippen LogP contribution >= 0.6 is 11.8 Å². The van der Waals surface area contributed by atoms with Gasteiger partial charge in [-0.25, -0.2) is 4.39 Å². The molecule has 0 aliphatic carbocycles. The lowest BCUT2D eigenvalue weighted by molar-refractivity contribution is -0.118. The van der Waals surface area contributed by atoms with Crippen molar-refractivity contribution in [3.8, 4) is 0 Å². The maximum atomic E-state index is 13.0. The van der Waals surface area contributed by atoms with Crippen molar-refractivity contribution in [2.24, 2.45) is 0 Å². The molecule has 1 aromatic heterocycles. The number of thioether (sulfide) groups is 1. The number of carbonyl (C=O) groups excluding carboxylic acids is 1. The van der Waals surface area contributed by atoms with Crippen molar-refractivity contribution in [3.05, 3.63) is 35.6 Å². The highest BCUT2D eigenvalue weighted by Crippen LogP contribution is 2.26. The Hall–Kier alpha value is -2.13. The van der Waals surface area contributed by atoms with Crippen molar-refractivity contribution in [2.45, 2.75) is 56.5 Å². The number of piperidine rings is 1. The number of halogens is 1. The summed E-state index contributed by atoms with van der Waals surface area (Å²) >= 11 is 1.40. The third-order valence-corrected chi connectivity index (χ3v) is 6.45. The highest BCUT2D eigenvalue weighted by Gasteiger charge is 2.25. The zero-order valence-electron chi connectivity index (χ0n) is 17.1. The highest BCUT2D eigenvalue weighted by molar-refractivity contribution is 7.99. The van der Waals surface area contributed by atoms with Crippen LogP contribution in [-0.4, -0.2) is 52.2 Å². The Bertz CT molecular complexity index is 832. The van der Waals surface area contributed by atoms with E-state index in [0.717, 1.165) is 55.8 Å². The molecule has 0 spiro atoms. The first kappa shape index (κ1) is 21.1. The second-order valence-electron chi connectivity index (χ2n) is 7.77. The van der Waals surface area contributed by atoms with Gasteiger partial charge in [-0.15, -0.1) is 10.2 Å². The Morgan fingerprint density at radius 1 is 1.17 bits per heavy atom. The summed E-state index contributed by atoms with van der Waals surface area (Å²) in [6, 6.07) is 6.13. The lowest BCUT2D eigenvalue weighted by Crippen LogP contribution is -2.33. The number of carbonyl (C=O) groups is 1. The van der Waals surface area contributed by atoms with Crippen LogP contribution in [0.4, 0.5) is 10.3 Å². The predicted octanol–water partition coefficient (Wildman–Crippen LogP) is 3.00. The molecule has 0 radical (unpaired) electrons. The number of rotatable bonds is 8. The van der Waals surface area contributed by atoms with E-state index in [0.29, 0.717) is 6.54 Å². The van der Waals surface area contributed by atoms with Gasteiger partial charge in [-0.2, -0.15) is 0 Å². The number of nitrogens with one attached hydrogen (secondary N) is 1. The van der Waals surface area contributed by atoms with E-state index in [-0.39, 0.29) is 23.6 Å². The average Bonchev–Trinajstić information content (AvgIpc) is 3.43. The largest absolute Gasteiger partial charge is 0.376 e. The molecule has 2 aliphatic heterocycles. The maximum Gasteiger partial charge on any atom is 0.230 e. The number of benzene rings is 1. The number of hydrogen-bond acceptors (Lipinski definition) is 6. The molecule has 2 saturated heterocycles. The lowest BCUT2D eigenvalue weighted by Gasteiger charge is -2.28. The predicted molar refractivity (Wildman–Crippen MR) is 114 cm³/mol. The van der Waals surface area contributed by atoms with Crippen molar-refractivity contribution >= 4 is 23.6 Å². The molecule has 9 heteroatoms. The zero-order chi connectivity index (χ0) is 20.8. The van der Waals surface area contributed by atoms with Gasteiger partial charge in [-0.1, -0.05) is 23.9 Å². The van der Waals surface area contributed by atoms with Crippen LogP contribution in [-0.2, 0) is 22.6 Å². The molecule has 0 bridgehead atoms. The molecule has 0 saturated carbocycles. The minimum atomic E-state index is -0.282. The van der Waals surface area contributed by atoms with E-state index in [1.54, 1.807) is 12.1 Å². The van der Waals surface area contributed by atoms with Gasteiger partial charge >= 0.3 is 0 Å². The highest BCUT2D eigenvalue weighted by atomic mass is 32.2. The molecule has 3 heterocycles. The number of anilines is 1. The Labute approximate surface area is 180 Å². The van der Waals surface area contributed by atoms with Gasteiger partial charge in [0, 0.05) is 26.2 Å². The molecule has 2 aliphatic rings. The van der Waals surface area contributed by atoms with Gasteiger partial charge in [0.05, 0.1) is 18.4 Å². The van der Waals surface area contributed by atoms with E-state index in [2.05, 4.69) is 25.0 Å². The van der Waals surface area contributed by atoms with Gasteiger partial charge in [-0.05, 0) is 49.8 Å². The van der Waals surface area contributed by atoms with Gasteiger partial charge < -0.3 is 15.0 Å². The summed E-state index contributed by atoms with van der Waals surface area (Å²) in [6.45, 7) is 3.89. The number of ether oxygens (including phenoxy) is 1. The minimum absolute atomic E-state index is 0.0875. The quantitative estimate of drug-likeness (QED) is 0.646. The molecule has 1 unspecified atom stereocenters. The normalized spacial score (nSPS) is 19.2. The Morgan fingerprint density at radius 2 is 1.97 bits per heavy atom. The fourth-order valence-electron chi connectivity index (χ4n) is 3.85. The Balaban J connectivity index is 1.37. The molecule has 7 nitrogen and oxygen atoms in total. The molecule has 30 heavy (non-hydrogen) atoms. The Kier molecular flexibility index (Phi) is 7.22. The van der Waals surface area contributed by atoms with Crippen LogP contribution in [0.3, 0.4) is 0 Å². The minimum Gasteiger partial charge on any atom is -0.376 e. The molecule has 2 fully saturated rings. The van der Waals surface area contributed by atoms with E-state index >= 15 is 0 Å². The van der Waals surface area contributed by atoms with Gasteiger partial charge in [0.1, 0.15) is 5.82 Å². The van der Waals surface area contributed by atoms with Crippen LogP contribution in [0.1, 0.15) is 37.7 Å². The summed E-state index contributed by atoms with van der Waals surface area (Å²) in [5.74, 6) is 0.774. The van der Waals surface area contributed by atoms with Gasteiger partial charge in [0.15, 0.2) is 5.16 Å². The molecule has 4 rings (SSSR count).